The molecule has 1 saturated heterocycles. The van der Waals surface area contributed by atoms with Crippen molar-refractivity contribution in [3.8, 4) is 11.5 Å². The van der Waals surface area contributed by atoms with Crippen LogP contribution in [0.1, 0.15) is 55.8 Å². The van der Waals surface area contributed by atoms with Crippen molar-refractivity contribution in [2.45, 2.75) is 63.7 Å². The molecule has 1 unspecified atom stereocenters. The number of amides is 2. The summed E-state index contributed by atoms with van der Waals surface area (Å²) in [4.78, 5) is 39.7. The largest absolute Gasteiger partial charge is 0.493 e. The highest BCUT2D eigenvalue weighted by molar-refractivity contribution is 14.1. The Morgan fingerprint density at radius 3 is 2.72 bits per heavy atom. The number of rotatable bonds is 14. The first-order valence-corrected chi connectivity index (χ1v) is 14.6. The van der Waals surface area contributed by atoms with Crippen molar-refractivity contribution in [3.63, 3.8) is 0 Å². The Labute approximate surface area is 243 Å². The Morgan fingerprint density at radius 2 is 2.08 bits per heavy atom. The van der Waals surface area contributed by atoms with E-state index in [0.29, 0.717) is 58.7 Å². The van der Waals surface area contributed by atoms with Crippen molar-refractivity contribution in [1.82, 2.24) is 10.2 Å². The Morgan fingerprint density at radius 1 is 1.28 bits per heavy atom. The maximum absolute atomic E-state index is 13.7. The van der Waals surface area contributed by atoms with Crippen molar-refractivity contribution >= 4 is 40.7 Å². The van der Waals surface area contributed by atoms with Gasteiger partial charge in [0, 0.05) is 37.3 Å². The molecular formula is C28H39IN2O8. The number of nitrogens with zero attached hydrogens (tertiary/aromatic N) is 1. The van der Waals surface area contributed by atoms with Crippen molar-refractivity contribution in [2.24, 2.45) is 5.92 Å². The van der Waals surface area contributed by atoms with Crippen LogP contribution in [0, 0.1) is 9.49 Å². The van der Waals surface area contributed by atoms with E-state index in [1.165, 1.54) is 7.11 Å². The molecule has 0 bridgehead atoms. The molecule has 2 amide bonds. The van der Waals surface area contributed by atoms with Crippen molar-refractivity contribution in [1.29, 1.82) is 0 Å². The van der Waals surface area contributed by atoms with Crippen LogP contribution in [-0.2, 0) is 14.3 Å². The van der Waals surface area contributed by atoms with Gasteiger partial charge in [-0.2, -0.15) is 0 Å². The summed E-state index contributed by atoms with van der Waals surface area (Å²) < 4.78 is 17.8. The summed E-state index contributed by atoms with van der Waals surface area (Å²) >= 11 is 2.03. The van der Waals surface area contributed by atoms with Gasteiger partial charge in [-0.15, -0.1) is 0 Å². The van der Waals surface area contributed by atoms with Gasteiger partial charge in [0.05, 0.1) is 35.9 Å². The molecule has 1 aliphatic carbocycles. The molecule has 1 fully saturated rings. The molecular weight excluding hydrogens is 619 g/mol. The van der Waals surface area contributed by atoms with Crippen LogP contribution in [0.15, 0.2) is 23.8 Å². The number of aliphatic hydroxyl groups is 2. The summed E-state index contributed by atoms with van der Waals surface area (Å²) in [6.45, 7) is 3.28. The molecule has 11 heteroatoms. The predicted octanol–water partition coefficient (Wildman–Crippen LogP) is 2.47. The summed E-state index contributed by atoms with van der Waals surface area (Å²) in [6.07, 6.45) is 4.73. The Kier molecular flexibility index (Phi) is 12.5. The van der Waals surface area contributed by atoms with Gasteiger partial charge >= 0.3 is 0 Å². The van der Waals surface area contributed by atoms with Crippen LogP contribution in [0.2, 0.25) is 0 Å². The summed E-state index contributed by atoms with van der Waals surface area (Å²) in [5.41, 5.74) is 0.768. The van der Waals surface area contributed by atoms with Gasteiger partial charge < -0.3 is 34.6 Å². The highest BCUT2D eigenvalue weighted by Gasteiger charge is 2.42. The minimum absolute atomic E-state index is 0.0763. The third kappa shape index (κ3) is 8.15. The maximum atomic E-state index is 13.7. The zero-order valence-electron chi connectivity index (χ0n) is 22.6. The quantitative estimate of drug-likeness (QED) is 0.158. The molecule has 1 aliphatic heterocycles. The van der Waals surface area contributed by atoms with E-state index in [2.05, 4.69) is 12.2 Å². The van der Waals surface area contributed by atoms with Gasteiger partial charge in [0.2, 0.25) is 11.8 Å². The van der Waals surface area contributed by atoms with Crippen LogP contribution in [0.3, 0.4) is 0 Å². The molecule has 1 heterocycles. The van der Waals surface area contributed by atoms with Crippen molar-refractivity contribution in [2.75, 3.05) is 40.0 Å². The first-order valence-electron chi connectivity index (χ1n) is 13.5. The van der Waals surface area contributed by atoms with E-state index in [0.717, 1.165) is 25.7 Å². The Hall–Kier alpha value is -2.22. The third-order valence-corrected chi connectivity index (χ3v) is 7.87. The first kappa shape index (κ1) is 31.3. The van der Waals surface area contributed by atoms with E-state index < -0.39 is 24.2 Å². The smallest absolute Gasteiger partial charge is 0.247 e. The fourth-order valence-electron chi connectivity index (χ4n) is 4.95. The second-order valence-corrected chi connectivity index (χ2v) is 11.0. The van der Waals surface area contributed by atoms with Gasteiger partial charge in [-0.05, 0) is 53.6 Å². The zero-order valence-corrected chi connectivity index (χ0v) is 24.7. The molecule has 3 rings (SSSR count). The lowest BCUT2D eigenvalue weighted by Crippen LogP contribution is -2.56. The van der Waals surface area contributed by atoms with Gasteiger partial charge in [0.1, 0.15) is 18.5 Å². The molecule has 4 atom stereocenters. The molecule has 0 aromatic heterocycles. The van der Waals surface area contributed by atoms with Crippen LogP contribution in [0.5, 0.6) is 11.5 Å². The molecule has 3 N–H and O–H groups in total. The van der Waals surface area contributed by atoms with E-state index in [-0.39, 0.29) is 31.4 Å². The highest BCUT2D eigenvalue weighted by Crippen LogP contribution is 2.37. The number of ether oxygens (including phenoxy) is 3. The molecule has 10 nitrogen and oxygen atoms in total. The molecule has 1 aromatic rings. The number of hydrogen-bond donors (Lipinski definition) is 3. The number of unbranched alkanes of at least 4 members (excludes halogenated alkanes) is 3. The normalized spacial score (nSPS) is 22.6. The van der Waals surface area contributed by atoms with Crippen LogP contribution < -0.4 is 14.8 Å². The number of carbonyl (C=O) groups is 3. The number of hydrogen-bond acceptors (Lipinski definition) is 8. The highest BCUT2D eigenvalue weighted by atomic mass is 127. The van der Waals surface area contributed by atoms with Crippen molar-refractivity contribution < 1.29 is 38.8 Å². The average Bonchev–Trinajstić information content (AvgIpc) is 3.48. The molecule has 2 aliphatic rings. The summed E-state index contributed by atoms with van der Waals surface area (Å²) in [5.74, 6) is -0.142. The fraction of sp³-hybridized carbons (Fsp3) is 0.607. The Bertz CT molecular complexity index is 1030. The molecule has 0 spiro atoms. The number of methoxy groups -OCH3 is 1. The molecule has 216 valence electrons. The van der Waals surface area contributed by atoms with Crippen molar-refractivity contribution in [3.05, 3.63) is 32.9 Å². The topological polar surface area (TPSA) is 135 Å². The minimum atomic E-state index is -1.14. The lowest BCUT2D eigenvalue weighted by molar-refractivity contribution is -0.143. The second-order valence-electron chi connectivity index (χ2n) is 9.82. The summed E-state index contributed by atoms with van der Waals surface area (Å²) in [7, 11) is 1.46. The number of aliphatic hydroxyl groups excluding tert-OH is 2. The molecule has 0 radical (unpaired) electrons. The number of halogens is 1. The lowest BCUT2D eigenvalue weighted by Gasteiger charge is -2.41. The van der Waals surface area contributed by atoms with Crippen LogP contribution in [-0.4, -0.2) is 91.5 Å². The first-order chi connectivity index (χ1) is 18.8. The third-order valence-electron chi connectivity index (χ3n) is 7.07. The van der Waals surface area contributed by atoms with Gasteiger partial charge in [-0.3, -0.25) is 14.4 Å². The number of carbonyl (C=O) groups excluding carboxylic acids is 3. The van der Waals surface area contributed by atoms with Gasteiger partial charge in [0.15, 0.2) is 11.5 Å². The monoisotopic (exact) mass is 658 g/mol. The van der Waals surface area contributed by atoms with Crippen LogP contribution in [0.25, 0.3) is 0 Å². The SMILES string of the molecule is CCCCCCN(C(=O)C1CCOC1)[C@@H]1CC(C(=O)NCCO)=C[C@H](Oc2c(I)cc(C=O)cc2OC)[C@H]1O. The second kappa shape index (κ2) is 15.5. The van der Waals surface area contributed by atoms with Gasteiger partial charge in [-0.25, -0.2) is 0 Å². The number of nitrogens with one attached hydrogen (secondary N) is 1. The van der Waals surface area contributed by atoms with Gasteiger partial charge in [-0.1, -0.05) is 26.2 Å². The van der Waals surface area contributed by atoms with E-state index in [4.69, 9.17) is 14.2 Å². The van der Waals surface area contributed by atoms with E-state index in [9.17, 15) is 24.6 Å². The molecule has 39 heavy (non-hydrogen) atoms. The van der Waals surface area contributed by atoms with E-state index in [1.807, 2.05) is 22.6 Å². The molecule has 1 aromatic carbocycles. The summed E-state index contributed by atoms with van der Waals surface area (Å²) in [5, 5.41) is 23.5. The van der Waals surface area contributed by atoms with E-state index in [1.54, 1.807) is 23.1 Å². The average molecular weight is 659 g/mol. The van der Waals surface area contributed by atoms with E-state index >= 15 is 0 Å². The van der Waals surface area contributed by atoms with Crippen LogP contribution >= 0.6 is 22.6 Å². The minimum Gasteiger partial charge on any atom is -0.493 e. The molecule has 0 saturated carbocycles. The maximum Gasteiger partial charge on any atom is 0.247 e. The lowest BCUT2D eigenvalue weighted by atomic mass is 9.87. The predicted molar refractivity (Wildman–Crippen MR) is 153 cm³/mol. The summed E-state index contributed by atoms with van der Waals surface area (Å²) in [6, 6.07) is 2.47. The van der Waals surface area contributed by atoms with Crippen LogP contribution in [0.4, 0.5) is 0 Å². The number of aldehydes is 1. The van der Waals surface area contributed by atoms with Gasteiger partial charge in [0.25, 0.3) is 0 Å². The standard InChI is InChI=1S/C28H39IN2O8/c1-3-4-5-6-9-31(28(36)19-7-11-38-17-19)22-14-20(27(35)30-8-10-32)15-23(25(22)34)39-26-21(29)12-18(16-33)13-24(26)37-2/h12-13,15-16,19,22-23,25,32,34H,3-11,14,17H2,1-2H3,(H,30,35)/t19?,22-,23+,25+/m1/s1. The number of benzene rings is 1. The zero-order chi connectivity index (χ0) is 28.4. The Balaban J connectivity index is 1.97. The fourth-order valence-corrected chi connectivity index (χ4v) is 5.70.